The van der Waals surface area contributed by atoms with Crippen LogP contribution >= 0.6 is 58.0 Å². The minimum atomic E-state index is -4.62. The van der Waals surface area contributed by atoms with E-state index in [1.165, 1.54) is 0 Å². The lowest BCUT2D eigenvalue weighted by atomic mass is 10.0. The molecule has 1 aliphatic rings. The van der Waals surface area contributed by atoms with Crippen molar-refractivity contribution in [1.29, 1.82) is 5.26 Å². The quantitative estimate of drug-likeness (QED) is 0.474. The molecular formula is C15H7Cl5F3N3. The van der Waals surface area contributed by atoms with Crippen molar-refractivity contribution in [3.63, 3.8) is 0 Å². The van der Waals surface area contributed by atoms with Crippen LogP contribution < -0.4 is 0 Å². The van der Waals surface area contributed by atoms with Gasteiger partial charge in [-0.3, -0.25) is 0 Å². The Bertz CT molecular complexity index is 938. The summed E-state index contributed by atoms with van der Waals surface area (Å²) in [6.07, 6.45) is -4.29. The van der Waals surface area contributed by atoms with E-state index < -0.39 is 21.5 Å². The van der Waals surface area contributed by atoms with Crippen molar-refractivity contribution in [3.8, 4) is 11.8 Å². The Balaban J connectivity index is 2.21. The number of nitriles is 1. The zero-order valence-corrected chi connectivity index (χ0v) is 16.5. The van der Waals surface area contributed by atoms with Crippen molar-refractivity contribution in [1.82, 2.24) is 9.78 Å². The Hall–Kier alpha value is -0.840. The maximum atomic E-state index is 12.9. The van der Waals surface area contributed by atoms with E-state index in [0.717, 1.165) is 4.68 Å². The predicted molar refractivity (Wildman–Crippen MR) is 94.7 cm³/mol. The highest BCUT2D eigenvalue weighted by atomic mass is 35.5. The molecule has 0 amide bonds. The van der Waals surface area contributed by atoms with Gasteiger partial charge in [-0.25, -0.2) is 4.68 Å². The van der Waals surface area contributed by atoms with Crippen molar-refractivity contribution >= 4 is 58.0 Å². The molecule has 0 bridgehead atoms. The highest BCUT2D eigenvalue weighted by Crippen LogP contribution is 2.65. The lowest BCUT2D eigenvalue weighted by Crippen LogP contribution is -2.13. The summed E-state index contributed by atoms with van der Waals surface area (Å²) in [5.41, 5.74) is -1.70. The van der Waals surface area contributed by atoms with Crippen LogP contribution in [-0.4, -0.2) is 14.1 Å². The van der Waals surface area contributed by atoms with E-state index in [0.29, 0.717) is 18.6 Å². The highest BCUT2D eigenvalue weighted by molar-refractivity contribution is 6.52. The lowest BCUT2D eigenvalue weighted by molar-refractivity contribution is -0.137. The second kappa shape index (κ2) is 6.08. The van der Waals surface area contributed by atoms with Crippen LogP contribution in [0.5, 0.6) is 0 Å². The first-order chi connectivity index (χ1) is 11.8. The second-order valence-corrected chi connectivity index (χ2v) is 8.69. The molecule has 1 aliphatic carbocycles. The molecule has 0 aliphatic heterocycles. The fraction of sp³-hybridized carbons (Fsp3) is 0.333. The largest absolute Gasteiger partial charge is 0.416 e. The van der Waals surface area contributed by atoms with Gasteiger partial charge in [0.25, 0.3) is 0 Å². The third-order valence-corrected chi connectivity index (χ3v) is 6.30. The van der Waals surface area contributed by atoms with Gasteiger partial charge in [-0.2, -0.15) is 23.5 Å². The molecule has 0 saturated heterocycles. The Labute approximate surface area is 171 Å². The molecule has 1 unspecified atom stereocenters. The van der Waals surface area contributed by atoms with Gasteiger partial charge in [0.2, 0.25) is 0 Å². The number of halogens is 8. The Kier molecular flexibility index (Phi) is 4.66. The van der Waals surface area contributed by atoms with E-state index in [4.69, 9.17) is 58.0 Å². The molecule has 1 heterocycles. The van der Waals surface area contributed by atoms with Gasteiger partial charge < -0.3 is 0 Å². The summed E-state index contributed by atoms with van der Waals surface area (Å²) in [5, 5.41) is 12.9. The molecular weight excluding hydrogens is 456 g/mol. The van der Waals surface area contributed by atoms with E-state index in [1.54, 1.807) is 6.92 Å². The van der Waals surface area contributed by atoms with E-state index in [9.17, 15) is 18.4 Å². The molecule has 26 heavy (non-hydrogen) atoms. The van der Waals surface area contributed by atoms with Crippen LogP contribution in [0.15, 0.2) is 12.1 Å². The van der Waals surface area contributed by atoms with Gasteiger partial charge >= 0.3 is 6.18 Å². The van der Waals surface area contributed by atoms with Gasteiger partial charge in [0.05, 0.1) is 21.3 Å². The van der Waals surface area contributed by atoms with Crippen molar-refractivity contribution < 1.29 is 13.2 Å². The van der Waals surface area contributed by atoms with Crippen molar-refractivity contribution in [3.05, 3.63) is 44.2 Å². The molecule has 2 aromatic rings. The molecule has 1 aromatic carbocycles. The summed E-state index contributed by atoms with van der Waals surface area (Å²) in [5.74, 6) is 0. The van der Waals surface area contributed by atoms with Crippen LogP contribution in [0.25, 0.3) is 5.69 Å². The number of rotatable bonds is 2. The molecule has 0 radical (unpaired) electrons. The second-order valence-electron chi connectivity index (χ2n) is 6.04. The summed E-state index contributed by atoms with van der Waals surface area (Å²) in [7, 11) is 0. The molecule has 11 heteroatoms. The first-order valence-electron chi connectivity index (χ1n) is 6.97. The standard InChI is InChI=1S/C15H7Cl5F3N3/c1-13(5-14(13,19)20)11-7(4-24)12(18)26(25-11)10-8(16)2-6(3-9(10)17)15(21,22)23/h2-3H,5H2,1H3. The molecule has 1 saturated carbocycles. The normalized spacial score (nSPS) is 21.5. The number of alkyl halides is 5. The first-order valence-corrected chi connectivity index (χ1v) is 8.86. The van der Waals surface area contributed by atoms with Gasteiger partial charge in [0, 0.05) is 5.41 Å². The molecule has 3 rings (SSSR count). The topological polar surface area (TPSA) is 41.6 Å². The summed E-state index contributed by atoms with van der Waals surface area (Å²) in [6, 6.07) is 3.33. The molecule has 1 fully saturated rings. The summed E-state index contributed by atoms with van der Waals surface area (Å²) in [6.45, 7) is 1.70. The Morgan fingerprint density at radius 3 is 2.08 bits per heavy atom. The summed E-state index contributed by atoms with van der Waals surface area (Å²) < 4.78 is 38.6. The predicted octanol–water partition coefficient (Wildman–Crippen LogP) is 6.56. The summed E-state index contributed by atoms with van der Waals surface area (Å²) >= 11 is 30.5. The van der Waals surface area contributed by atoms with Crippen molar-refractivity contribution in [2.24, 2.45) is 0 Å². The zero-order valence-electron chi connectivity index (χ0n) is 12.7. The van der Waals surface area contributed by atoms with Gasteiger partial charge in [0.15, 0.2) is 5.15 Å². The molecule has 0 spiro atoms. The fourth-order valence-electron chi connectivity index (χ4n) is 2.62. The monoisotopic (exact) mass is 461 g/mol. The highest BCUT2D eigenvalue weighted by Gasteiger charge is 2.66. The van der Waals surface area contributed by atoms with Gasteiger partial charge in [-0.1, -0.05) is 41.7 Å². The van der Waals surface area contributed by atoms with Crippen molar-refractivity contribution in [2.45, 2.75) is 29.3 Å². The molecule has 1 aromatic heterocycles. The van der Waals surface area contributed by atoms with E-state index in [2.05, 4.69) is 5.10 Å². The van der Waals surface area contributed by atoms with Crippen LogP contribution in [0.3, 0.4) is 0 Å². The number of nitrogens with zero attached hydrogens (tertiary/aromatic N) is 3. The van der Waals surface area contributed by atoms with Crippen LogP contribution in [-0.2, 0) is 11.6 Å². The minimum Gasteiger partial charge on any atom is -0.217 e. The fourth-order valence-corrected chi connectivity index (χ4v) is 4.23. The van der Waals surface area contributed by atoms with Gasteiger partial charge in [-0.05, 0) is 18.6 Å². The third-order valence-electron chi connectivity index (χ3n) is 4.28. The van der Waals surface area contributed by atoms with E-state index >= 15 is 0 Å². The number of aromatic nitrogens is 2. The smallest absolute Gasteiger partial charge is 0.217 e. The summed E-state index contributed by atoms with van der Waals surface area (Å²) in [4.78, 5) is 0. The first kappa shape index (κ1) is 19.9. The average molecular weight is 464 g/mol. The minimum absolute atomic E-state index is 0.00405. The maximum Gasteiger partial charge on any atom is 0.416 e. The molecule has 3 nitrogen and oxygen atoms in total. The van der Waals surface area contributed by atoms with Crippen molar-refractivity contribution in [2.75, 3.05) is 0 Å². The number of hydrogen-bond donors (Lipinski definition) is 0. The molecule has 1 atom stereocenters. The van der Waals surface area contributed by atoms with Crippen LogP contribution in [0, 0.1) is 11.3 Å². The Morgan fingerprint density at radius 2 is 1.69 bits per heavy atom. The van der Waals surface area contributed by atoms with Crippen LogP contribution in [0.1, 0.15) is 30.2 Å². The molecule has 138 valence electrons. The van der Waals surface area contributed by atoms with Gasteiger partial charge in [0.1, 0.15) is 21.7 Å². The lowest BCUT2D eigenvalue weighted by Gasteiger charge is -2.13. The average Bonchev–Trinajstić information content (AvgIpc) is 2.84. The van der Waals surface area contributed by atoms with E-state index in [1.807, 2.05) is 6.07 Å². The molecule has 0 N–H and O–H groups in total. The zero-order chi connectivity index (χ0) is 19.7. The van der Waals surface area contributed by atoms with E-state index in [-0.39, 0.29) is 32.1 Å². The third kappa shape index (κ3) is 2.94. The van der Waals surface area contributed by atoms with Crippen LogP contribution in [0.2, 0.25) is 15.2 Å². The number of benzene rings is 1. The Morgan fingerprint density at radius 1 is 1.19 bits per heavy atom. The number of hydrogen-bond acceptors (Lipinski definition) is 2. The SMILES string of the molecule is CC1(c2nn(-c3c(Cl)cc(C(F)(F)F)cc3Cl)c(Cl)c2C#N)CC1(Cl)Cl. The van der Waals surface area contributed by atoms with Gasteiger partial charge in [-0.15, -0.1) is 23.2 Å². The van der Waals surface area contributed by atoms with Crippen LogP contribution in [0.4, 0.5) is 13.2 Å². The maximum absolute atomic E-state index is 12.9.